The van der Waals surface area contributed by atoms with Crippen molar-refractivity contribution in [2.45, 2.75) is 0 Å². The SMILES string of the molecule is N#[N+]c1c([O-])c(C(=O)Nc2ccccc2)cc2ccccc12. The fraction of sp³-hybridized carbons (Fsp3) is 0. The van der Waals surface area contributed by atoms with Gasteiger partial charge in [-0.25, -0.2) is 0 Å². The monoisotopic (exact) mass is 289 g/mol. The lowest BCUT2D eigenvalue weighted by atomic mass is 10.0. The third-order valence-corrected chi connectivity index (χ3v) is 3.35. The van der Waals surface area contributed by atoms with Gasteiger partial charge in [0, 0.05) is 17.0 Å². The van der Waals surface area contributed by atoms with E-state index in [-0.39, 0.29) is 11.3 Å². The molecule has 0 aliphatic heterocycles. The Hall–Kier alpha value is -3.39. The van der Waals surface area contributed by atoms with Gasteiger partial charge in [-0.2, -0.15) is 0 Å². The molecular weight excluding hydrogens is 278 g/mol. The highest BCUT2D eigenvalue weighted by Crippen LogP contribution is 2.36. The van der Waals surface area contributed by atoms with Crippen molar-refractivity contribution in [1.82, 2.24) is 0 Å². The van der Waals surface area contributed by atoms with E-state index in [4.69, 9.17) is 5.39 Å². The maximum Gasteiger partial charge on any atom is 0.385 e. The standard InChI is InChI=1S/C17H11N3O2/c18-20-15-13-9-5-4-6-11(13)10-14(16(15)21)17(22)19-12-7-2-1-3-8-12/h1-10H,(H-,19,21,22). The zero-order valence-corrected chi connectivity index (χ0v) is 11.5. The fourth-order valence-corrected chi connectivity index (χ4v) is 2.30. The van der Waals surface area contributed by atoms with Gasteiger partial charge in [-0.1, -0.05) is 36.4 Å². The minimum atomic E-state index is -0.602. The second-order valence-corrected chi connectivity index (χ2v) is 4.74. The number of hydrogen-bond acceptors (Lipinski definition) is 3. The fourth-order valence-electron chi connectivity index (χ4n) is 2.30. The summed E-state index contributed by atoms with van der Waals surface area (Å²) in [6.45, 7) is 0. The first-order valence-electron chi connectivity index (χ1n) is 6.65. The maximum atomic E-state index is 12.3. The summed E-state index contributed by atoms with van der Waals surface area (Å²) in [4.78, 5) is 15.4. The molecule has 0 radical (unpaired) electrons. The van der Waals surface area contributed by atoms with Crippen LogP contribution in [0.4, 0.5) is 11.4 Å². The second kappa shape index (κ2) is 5.54. The maximum absolute atomic E-state index is 12.3. The summed E-state index contributed by atoms with van der Waals surface area (Å²) in [7, 11) is 0. The first kappa shape index (κ1) is 13.6. The van der Waals surface area contributed by atoms with Crippen molar-refractivity contribution in [3.05, 3.63) is 71.2 Å². The molecule has 0 aliphatic rings. The molecule has 5 nitrogen and oxygen atoms in total. The van der Waals surface area contributed by atoms with E-state index in [9.17, 15) is 9.90 Å². The van der Waals surface area contributed by atoms with Crippen LogP contribution in [0.1, 0.15) is 10.4 Å². The van der Waals surface area contributed by atoms with Crippen LogP contribution in [0.5, 0.6) is 5.75 Å². The molecule has 0 unspecified atom stereocenters. The first-order chi connectivity index (χ1) is 10.7. The number of diazo groups is 1. The van der Waals surface area contributed by atoms with Crippen LogP contribution in [-0.4, -0.2) is 5.91 Å². The molecule has 3 aromatic rings. The Balaban J connectivity index is 2.09. The molecule has 0 fully saturated rings. The van der Waals surface area contributed by atoms with Crippen molar-refractivity contribution in [3.8, 4) is 5.75 Å². The van der Waals surface area contributed by atoms with E-state index < -0.39 is 11.7 Å². The number of carbonyl (C=O) groups is 1. The summed E-state index contributed by atoms with van der Waals surface area (Å²) in [5.74, 6) is -1.14. The van der Waals surface area contributed by atoms with Crippen LogP contribution in [0.15, 0.2) is 60.7 Å². The van der Waals surface area contributed by atoms with Gasteiger partial charge >= 0.3 is 5.69 Å². The van der Waals surface area contributed by atoms with Crippen molar-refractivity contribution in [2.75, 3.05) is 5.32 Å². The molecule has 3 rings (SSSR count). The molecule has 22 heavy (non-hydrogen) atoms. The Morgan fingerprint density at radius 3 is 2.45 bits per heavy atom. The molecule has 0 saturated heterocycles. The Kier molecular flexibility index (Phi) is 3.42. The number of amides is 1. The lowest BCUT2D eigenvalue weighted by molar-refractivity contribution is -0.267. The lowest BCUT2D eigenvalue weighted by Gasteiger charge is -2.12. The number of benzene rings is 3. The number of hydrogen-bond donors (Lipinski definition) is 1. The molecule has 0 atom stereocenters. The van der Waals surface area contributed by atoms with Crippen LogP contribution >= 0.6 is 0 Å². The van der Waals surface area contributed by atoms with Crippen LogP contribution in [0, 0.1) is 5.39 Å². The number of nitrogens with one attached hydrogen (secondary N) is 1. The van der Waals surface area contributed by atoms with Gasteiger partial charge in [-0.3, -0.25) is 4.79 Å². The van der Waals surface area contributed by atoms with Crippen LogP contribution in [0.25, 0.3) is 15.7 Å². The van der Waals surface area contributed by atoms with E-state index in [1.807, 2.05) is 6.07 Å². The average Bonchev–Trinajstić information content (AvgIpc) is 2.55. The molecule has 106 valence electrons. The third kappa shape index (κ3) is 2.34. The number of anilines is 1. The van der Waals surface area contributed by atoms with Crippen molar-refractivity contribution < 1.29 is 9.90 Å². The predicted molar refractivity (Wildman–Crippen MR) is 82.5 cm³/mol. The topological polar surface area (TPSA) is 80.3 Å². The van der Waals surface area contributed by atoms with Gasteiger partial charge in [0.25, 0.3) is 5.91 Å². The van der Waals surface area contributed by atoms with E-state index in [0.29, 0.717) is 16.5 Å². The van der Waals surface area contributed by atoms with Gasteiger partial charge in [0.2, 0.25) is 5.39 Å². The predicted octanol–water partition coefficient (Wildman–Crippen LogP) is 3.65. The van der Waals surface area contributed by atoms with E-state index >= 15 is 0 Å². The largest absolute Gasteiger partial charge is 0.866 e. The van der Waals surface area contributed by atoms with E-state index in [0.717, 1.165) is 0 Å². The molecule has 0 aliphatic carbocycles. The molecule has 0 spiro atoms. The minimum absolute atomic E-state index is 0.0599. The average molecular weight is 289 g/mol. The number of rotatable bonds is 2. The van der Waals surface area contributed by atoms with Crippen LogP contribution in [0.2, 0.25) is 0 Å². The molecule has 3 aromatic carbocycles. The Morgan fingerprint density at radius 2 is 1.73 bits per heavy atom. The molecule has 0 heterocycles. The number of carbonyl (C=O) groups excluding carboxylic acids is 1. The molecule has 1 N–H and O–H groups in total. The summed E-state index contributed by atoms with van der Waals surface area (Å²) >= 11 is 0. The molecule has 0 aromatic heterocycles. The highest BCUT2D eigenvalue weighted by Gasteiger charge is 2.20. The molecule has 1 amide bonds. The third-order valence-electron chi connectivity index (χ3n) is 3.35. The van der Waals surface area contributed by atoms with Crippen molar-refractivity contribution >= 4 is 28.1 Å². The van der Waals surface area contributed by atoms with Gasteiger partial charge in [0.15, 0.2) is 4.98 Å². The first-order valence-corrected chi connectivity index (χ1v) is 6.65. The highest BCUT2D eigenvalue weighted by atomic mass is 16.3. The highest BCUT2D eigenvalue weighted by molar-refractivity contribution is 6.12. The summed E-state index contributed by atoms with van der Waals surface area (Å²) in [6, 6.07) is 17.3. The van der Waals surface area contributed by atoms with Gasteiger partial charge in [0.1, 0.15) is 0 Å². The van der Waals surface area contributed by atoms with Gasteiger partial charge < -0.3 is 10.4 Å². The molecular formula is C17H11N3O2. The van der Waals surface area contributed by atoms with Crippen molar-refractivity contribution in [2.24, 2.45) is 0 Å². The van der Waals surface area contributed by atoms with Crippen molar-refractivity contribution in [1.29, 1.82) is 5.39 Å². The van der Waals surface area contributed by atoms with Crippen LogP contribution in [-0.2, 0) is 0 Å². The quantitative estimate of drug-likeness (QED) is 0.731. The van der Waals surface area contributed by atoms with Crippen LogP contribution in [0.3, 0.4) is 0 Å². The summed E-state index contributed by atoms with van der Waals surface area (Å²) in [5, 5.41) is 25.3. The Bertz CT molecular complexity index is 899. The Labute approximate surface area is 126 Å². The van der Waals surface area contributed by atoms with E-state index in [1.54, 1.807) is 48.5 Å². The molecule has 0 saturated carbocycles. The van der Waals surface area contributed by atoms with E-state index in [2.05, 4.69) is 10.3 Å². The number of para-hydroxylation sites is 1. The second-order valence-electron chi connectivity index (χ2n) is 4.74. The van der Waals surface area contributed by atoms with E-state index in [1.165, 1.54) is 6.07 Å². The molecule has 0 bridgehead atoms. The van der Waals surface area contributed by atoms with Gasteiger partial charge in [-0.05, 0) is 29.7 Å². The summed E-state index contributed by atoms with van der Waals surface area (Å²) < 4.78 is 0. The minimum Gasteiger partial charge on any atom is -0.866 e. The molecule has 5 heteroatoms. The Morgan fingerprint density at radius 1 is 1.05 bits per heavy atom. The number of nitrogens with zero attached hydrogens (tertiary/aromatic N) is 2. The zero-order valence-electron chi connectivity index (χ0n) is 11.5. The number of fused-ring (bicyclic) bond motifs is 1. The lowest BCUT2D eigenvalue weighted by Crippen LogP contribution is -2.14. The van der Waals surface area contributed by atoms with Crippen LogP contribution < -0.4 is 10.4 Å². The normalized spacial score (nSPS) is 10.1. The van der Waals surface area contributed by atoms with Gasteiger partial charge in [0.05, 0.1) is 5.39 Å². The summed E-state index contributed by atoms with van der Waals surface area (Å²) in [6.07, 6.45) is 0. The van der Waals surface area contributed by atoms with Crippen molar-refractivity contribution in [3.63, 3.8) is 0 Å². The van der Waals surface area contributed by atoms with Gasteiger partial charge in [-0.15, -0.1) is 0 Å². The smallest absolute Gasteiger partial charge is 0.385 e. The zero-order chi connectivity index (χ0) is 15.5. The summed E-state index contributed by atoms with van der Waals surface area (Å²) in [5.41, 5.74) is 0.397.